The SMILES string of the molecule is C=C1C2C(c3ccccc3-c3ccc([Si](C)(C)C)c[n+]32)C12c1ccc3c(oc4ccc(-c5ccc(F)cc5)cc43)c1-c1n2c2ccccc2[n+]1C(C)C. The summed E-state index contributed by atoms with van der Waals surface area (Å²) < 4.78 is 28.5. The van der Waals surface area contributed by atoms with Gasteiger partial charge in [-0.2, -0.15) is 4.57 Å². The van der Waals surface area contributed by atoms with Crippen molar-refractivity contribution in [3.63, 3.8) is 0 Å². The van der Waals surface area contributed by atoms with E-state index in [0.717, 1.165) is 38.6 Å². The van der Waals surface area contributed by atoms with Crippen LogP contribution in [0.1, 0.15) is 43.0 Å². The summed E-state index contributed by atoms with van der Waals surface area (Å²) in [5.41, 5.74) is 13.2. The minimum atomic E-state index is -1.60. The highest BCUT2D eigenvalue weighted by molar-refractivity contribution is 6.88. The van der Waals surface area contributed by atoms with Gasteiger partial charge in [-0.3, -0.25) is 0 Å². The Morgan fingerprint density at radius 2 is 1.58 bits per heavy atom. The minimum Gasteiger partial charge on any atom is -0.455 e. The van der Waals surface area contributed by atoms with Gasteiger partial charge in [0.15, 0.2) is 34.4 Å². The van der Waals surface area contributed by atoms with E-state index in [4.69, 9.17) is 11.0 Å². The molecule has 0 radical (unpaired) electrons. The molecule has 6 heteroatoms. The summed E-state index contributed by atoms with van der Waals surface area (Å²) in [6.45, 7) is 16.9. The highest BCUT2D eigenvalue weighted by atomic mass is 28.3. The third kappa shape index (κ3) is 3.79. The van der Waals surface area contributed by atoms with Crippen molar-refractivity contribution >= 4 is 46.2 Å². The van der Waals surface area contributed by atoms with Crippen LogP contribution in [-0.2, 0) is 5.54 Å². The lowest BCUT2D eigenvalue weighted by molar-refractivity contribution is -0.720. The molecule has 1 saturated carbocycles. The second-order valence-electron chi connectivity index (χ2n) is 16.6. The van der Waals surface area contributed by atoms with Crippen LogP contribution in [-0.4, -0.2) is 12.6 Å². The van der Waals surface area contributed by atoms with Crippen molar-refractivity contribution in [1.29, 1.82) is 0 Å². The standard InChI is InChI=1S/C47H40FN3OSi/c1-27(2)50-39-13-9-10-14-40(39)51-46(50)42-37(22-21-35-36-25-30(17-24-41(36)52-45(35)42)29-15-18-31(48)19-16-29)47(51)28(3)44-43(47)34-12-8-7-11-33(34)38-23-20-32(26-49(38)44)53(4,5)6/h7-27,43-44H,3H2,1-2,4-6H3/q+2. The number of benzene rings is 5. The second kappa shape index (κ2) is 10.3. The van der Waals surface area contributed by atoms with Gasteiger partial charge in [0.1, 0.15) is 22.9 Å². The van der Waals surface area contributed by atoms with Gasteiger partial charge in [-0.05, 0) is 79.1 Å². The lowest BCUT2D eigenvalue weighted by atomic mass is 9.52. The average Bonchev–Trinajstić information content (AvgIpc) is 3.80. The van der Waals surface area contributed by atoms with Crippen LogP contribution in [0.3, 0.4) is 0 Å². The number of imidazole rings is 1. The van der Waals surface area contributed by atoms with E-state index in [1.54, 1.807) is 0 Å². The van der Waals surface area contributed by atoms with Crippen LogP contribution >= 0.6 is 0 Å². The molecular weight excluding hydrogens is 670 g/mol. The van der Waals surface area contributed by atoms with Gasteiger partial charge in [-0.25, -0.2) is 13.5 Å². The zero-order valence-electron chi connectivity index (χ0n) is 30.6. The fraction of sp³-hybridized carbons (Fsp3) is 0.191. The fourth-order valence-electron chi connectivity index (χ4n) is 10.2. The topological polar surface area (TPSA) is 25.8 Å². The van der Waals surface area contributed by atoms with Crippen molar-refractivity contribution < 1.29 is 17.9 Å². The molecule has 1 fully saturated rings. The number of rotatable bonds is 3. The predicted octanol–water partition coefficient (Wildman–Crippen LogP) is 10.3. The Balaban J connectivity index is 1.24. The van der Waals surface area contributed by atoms with Gasteiger partial charge in [0, 0.05) is 33.2 Å². The summed E-state index contributed by atoms with van der Waals surface area (Å²) in [7, 11) is -1.60. The van der Waals surface area contributed by atoms with Gasteiger partial charge in [-0.1, -0.05) is 86.9 Å². The van der Waals surface area contributed by atoms with Crippen molar-refractivity contribution in [2.75, 3.05) is 0 Å². The number of fused-ring (bicyclic) bond motifs is 18. The molecule has 258 valence electrons. The lowest BCUT2D eigenvalue weighted by Gasteiger charge is -2.52. The number of nitrogens with zero attached hydrogens (tertiary/aromatic N) is 3. The van der Waals surface area contributed by atoms with Crippen LogP contribution in [0, 0.1) is 5.82 Å². The van der Waals surface area contributed by atoms with E-state index >= 15 is 0 Å². The maximum absolute atomic E-state index is 13.9. The Morgan fingerprint density at radius 3 is 2.38 bits per heavy atom. The summed E-state index contributed by atoms with van der Waals surface area (Å²) in [4.78, 5) is 0. The summed E-state index contributed by atoms with van der Waals surface area (Å²) in [6.07, 6.45) is 2.45. The molecule has 3 atom stereocenters. The van der Waals surface area contributed by atoms with Gasteiger partial charge in [0.05, 0.1) is 19.7 Å². The van der Waals surface area contributed by atoms with E-state index < -0.39 is 13.6 Å². The molecule has 0 amide bonds. The third-order valence-corrected chi connectivity index (χ3v) is 14.5. The van der Waals surface area contributed by atoms with Crippen LogP contribution in [0.5, 0.6) is 0 Å². The summed E-state index contributed by atoms with van der Waals surface area (Å²) in [6, 6.07) is 40.6. The van der Waals surface area contributed by atoms with Crippen LogP contribution in [0.25, 0.3) is 66.7 Å². The van der Waals surface area contributed by atoms with Crippen LogP contribution in [0.15, 0.2) is 138 Å². The maximum Gasteiger partial charge on any atom is 0.295 e. The van der Waals surface area contributed by atoms with Gasteiger partial charge in [0.25, 0.3) is 5.82 Å². The smallest absolute Gasteiger partial charge is 0.295 e. The Bertz CT molecular complexity index is 2910. The van der Waals surface area contributed by atoms with Crippen molar-refractivity contribution in [1.82, 2.24) is 4.57 Å². The summed E-state index contributed by atoms with van der Waals surface area (Å²) >= 11 is 0. The van der Waals surface area contributed by atoms with Gasteiger partial charge < -0.3 is 4.42 Å². The van der Waals surface area contributed by atoms with Crippen molar-refractivity contribution in [2.45, 2.75) is 57.0 Å². The highest BCUT2D eigenvalue weighted by Gasteiger charge is 2.75. The third-order valence-electron chi connectivity index (χ3n) is 12.5. The summed E-state index contributed by atoms with van der Waals surface area (Å²) in [5.74, 6) is 1.05. The largest absolute Gasteiger partial charge is 0.455 e. The first-order chi connectivity index (χ1) is 25.6. The molecule has 5 aromatic carbocycles. The molecule has 1 aliphatic carbocycles. The molecule has 11 rings (SSSR count). The normalized spacial score (nSPS) is 19.8. The molecule has 1 spiro atoms. The summed E-state index contributed by atoms with van der Waals surface area (Å²) in [5, 5.41) is 3.59. The van der Waals surface area contributed by atoms with Crippen LogP contribution < -0.4 is 14.3 Å². The van der Waals surface area contributed by atoms with Crippen molar-refractivity contribution in [3.05, 3.63) is 151 Å². The van der Waals surface area contributed by atoms with Gasteiger partial charge >= 0.3 is 0 Å². The molecule has 3 aromatic heterocycles. The zero-order chi connectivity index (χ0) is 36.1. The van der Waals surface area contributed by atoms with Crippen LogP contribution in [0.4, 0.5) is 4.39 Å². The van der Waals surface area contributed by atoms with E-state index in [9.17, 15) is 4.39 Å². The monoisotopic (exact) mass is 709 g/mol. The molecule has 0 bridgehead atoms. The second-order valence-corrected chi connectivity index (χ2v) is 21.6. The molecule has 2 aliphatic heterocycles. The van der Waals surface area contributed by atoms with Gasteiger partial charge in [0.2, 0.25) is 5.69 Å². The zero-order valence-corrected chi connectivity index (χ0v) is 31.6. The molecule has 8 aromatic rings. The maximum atomic E-state index is 13.9. The van der Waals surface area contributed by atoms with E-state index in [-0.39, 0.29) is 23.8 Å². The van der Waals surface area contributed by atoms with Gasteiger partial charge in [-0.15, -0.1) is 0 Å². The quantitative estimate of drug-likeness (QED) is 0.102. The number of aromatic nitrogens is 3. The minimum absolute atomic E-state index is 0.105. The molecular formula is C47H40FN3OSi+2. The van der Waals surface area contributed by atoms with E-state index in [2.05, 4.69) is 144 Å². The molecule has 5 heterocycles. The number of para-hydroxylation sites is 2. The first kappa shape index (κ1) is 31.0. The molecule has 0 saturated heterocycles. The lowest BCUT2D eigenvalue weighted by Crippen LogP contribution is -2.66. The molecule has 53 heavy (non-hydrogen) atoms. The highest BCUT2D eigenvalue weighted by Crippen LogP contribution is 2.70. The van der Waals surface area contributed by atoms with E-state index in [1.807, 2.05) is 12.1 Å². The first-order valence-corrected chi connectivity index (χ1v) is 22.2. The Kier molecular flexibility index (Phi) is 6.02. The first-order valence-electron chi connectivity index (χ1n) is 18.7. The van der Waals surface area contributed by atoms with Crippen LogP contribution in [0.2, 0.25) is 19.6 Å². The fourth-order valence-corrected chi connectivity index (χ4v) is 11.3. The van der Waals surface area contributed by atoms with Crippen molar-refractivity contribution in [3.8, 4) is 33.8 Å². The molecule has 0 N–H and O–H groups in total. The molecule has 3 unspecified atom stereocenters. The predicted molar refractivity (Wildman–Crippen MR) is 214 cm³/mol. The van der Waals surface area contributed by atoms with E-state index in [1.165, 1.54) is 62.1 Å². The number of pyridine rings is 1. The average molecular weight is 710 g/mol. The number of hydrogen-bond acceptors (Lipinski definition) is 1. The molecule has 3 aliphatic rings. The Hall–Kier alpha value is -5.59. The molecule has 4 nitrogen and oxygen atoms in total. The number of halogens is 1. The Labute approximate surface area is 309 Å². The van der Waals surface area contributed by atoms with E-state index in [0.29, 0.717) is 0 Å². The van der Waals surface area contributed by atoms with Crippen molar-refractivity contribution in [2.24, 2.45) is 0 Å². The Morgan fingerprint density at radius 1 is 0.830 bits per heavy atom. The number of hydrogen-bond donors (Lipinski definition) is 0. The number of furan rings is 1. The number of allylic oxidation sites excluding steroid dienone is 1.